The molecule has 4 aromatic rings. The average Bonchev–Trinajstić information content (AvgIpc) is 3.10. The number of nitrogens with one attached hydrogen (secondary N) is 1. The van der Waals surface area contributed by atoms with E-state index in [4.69, 9.17) is 0 Å². The first kappa shape index (κ1) is 16.9. The van der Waals surface area contributed by atoms with E-state index in [1.165, 1.54) is 6.92 Å². The Morgan fingerprint density at radius 1 is 0.957 bits per heavy atom. The molecule has 23 heavy (non-hydrogen) atoms. The van der Waals surface area contributed by atoms with Gasteiger partial charge in [-0.05, 0) is 24.3 Å². The third-order valence-corrected chi connectivity index (χ3v) is 3.19. The molecule has 0 aliphatic rings. The van der Waals surface area contributed by atoms with Crippen LogP contribution in [0.15, 0.2) is 61.2 Å². The Bertz CT molecular complexity index is 867. The summed E-state index contributed by atoms with van der Waals surface area (Å²) in [6.45, 7) is 1.47. The van der Waals surface area contributed by atoms with E-state index in [0.29, 0.717) is 5.82 Å². The van der Waals surface area contributed by atoms with Crippen molar-refractivity contribution >= 4 is 27.6 Å². The summed E-state index contributed by atoms with van der Waals surface area (Å²) < 4.78 is 0. The van der Waals surface area contributed by atoms with Crippen LogP contribution in [0.2, 0.25) is 0 Å². The quantitative estimate of drug-likeness (QED) is 0.307. The molecule has 6 heteroatoms. The fraction of sp³-hybridized carbons (Fsp3) is 0.0588. The first-order chi connectivity index (χ1) is 10.8. The molecule has 5 nitrogen and oxygen atoms in total. The Balaban J connectivity index is 0.000000185. The molecule has 0 fully saturated rings. The summed E-state index contributed by atoms with van der Waals surface area (Å²) in [4.78, 5) is 25.5. The monoisotopic (exact) mass is 392 g/mol. The minimum absolute atomic E-state index is 0. The molecule has 4 rings (SSSR count). The molecule has 0 spiro atoms. The zero-order chi connectivity index (χ0) is 15.4. The number of benzene rings is 1. The van der Waals surface area contributed by atoms with Crippen molar-refractivity contribution < 1.29 is 24.3 Å². The number of rotatable bonds is 1. The summed E-state index contributed by atoms with van der Waals surface area (Å²) in [7, 11) is 0. The second-order valence-electron chi connectivity index (χ2n) is 4.70. The van der Waals surface area contributed by atoms with Crippen molar-refractivity contribution in [1.82, 2.24) is 19.9 Å². The number of H-pyrrole nitrogens is 1. The van der Waals surface area contributed by atoms with Gasteiger partial charge < -0.3 is 4.98 Å². The predicted molar refractivity (Wildman–Crippen MR) is 85.6 cm³/mol. The van der Waals surface area contributed by atoms with E-state index in [0.717, 1.165) is 21.8 Å². The number of imidazole rings is 1. The maximum Gasteiger partial charge on any atom is 0.194 e. The molecule has 0 saturated heterocycles. The minimum atomic E-state index is -0.0324. The van der Waals surface area contributed by atoms with E-state index in [1.54, 1.807) is 18.6 Å². The molecular formula is C17H14N4ORu. The second kappa shape index (κ2) is 7.70. The molecule has 0 unspecified atom stereocenters. The van der Waals surface area contributed by atoms with Crippen molar-refractivity contribution in [3.63, 3.8) is 0 Å². The van der Waals surface area contributed by atoms with Crippen molar-refractivity contribution in [2.24, 2.45) is 0 Å². The normalized spacial score (nSPS) is 9.78. The van der Waals surface area contributed by atoms with Gasteiger partial charge in [0.05, 0.1) is 11.0 Å². The van der Waals surface area contributed by atoms with Crippen molar-refractivity contribution in [3.8, 4) is 0 Å². The Morgan fingerprint density at radius 2 is 1.74 bits per heavy atom. The predicted octanol–water partition coefficient (Wildman–Crippen LogP) is 3.39. The van der Waals surface area contributed by atoms with Crippen LogP contribution in [0.3, 0.4) is 0 Å². The number of nitrogens with zero attached hydrogens (tertiary/aromatic N) is 3. The molecular weight excluding hydrogens is 377 g/mol. The zero-order valence-corrected chi connectivity index (χ0v) is 14.1. The maximum absolute atomic E-state index is 10.4. The number of fused-ring (bicyclic) bond motifs is 3. The third-order valence-electron chi connectivity index (χ3n) is 3.19. The zero-order valence-electron chi connectivity index (χ0n) is 12.4. The fourth-order valence-corrected chi connectivity index (χ4v) is 2.15. The molecule has 1 N–H and O–H groups in total. The summed E-state index contributed by atoms with van der Waals surface area (Å²) in [6.07, 6.45) is 6.79. The number of ketones is 1. The summed E-state index contributed by atoms with van der Waals surface area (Å²) in [5.41, 5.74) is 2.02. The van der Waals surface area contributed by atoms with Gasteiger partial charge in [-0.25, -0.2) is 4.98 Å². The first-order valence-corrected chi connectivity index (χ1v) is 6.84. The molecule has 3 aromatic heterocycles. The van der Waals surface area contributed by atoms with E-state index in [1.807, 2.05) is 24.4 Å². The topological polar surface area (TPSA) is 71.5 Å². The van der Waals surface area contributed by atoms with Crippen molar-refractivity contribution in [1.29, 1.82) is 0 Å². The van der Waals surface area contributed by atoms with Crippen LogP contribution in [0.25, 0.3) is 21.8 Å². The van der Waals surface area contributed by atoms with Gasteiger partial charge in [0, 0.05) is 62.0 Å². The number of carbonyl (C=O) groups is 1. The summed E-state index contributed by atoms with van der Waals surface area (Å²) in [5, 5.41) is 2.28. The molecule has 0 aliphatic heterocycles. The van der Waals surface area contributed by atoms with E-state index in [9.17, 15) is 4.79 Å². The summed E-state index contributed by atoms with van der Waals surface area (Å²) in [6, 6.07) is 12.1. The molecule has 3 heterocycles. The van der Waals surface area contributed by atoms with E-state index >= 15 is 0 Å². The van der Waals surface area contributed by atoms with Gasteiger partial charge in [-0.1, -0.05) is 12.1 Å². The minimum Gasteiger partial charge on any atom is -0.342 e. The van der Waals surface area contributed by atoms with Gasteiger partial charge in [-0.2, -0.15) is 0 Å². The van der Waals surface area contributed by atoms with Gasteiger partial charge in [0.1, 0.15) is 0 Å². The maximum atomic E-state index is 10.4. The van der Waals surface area contributed by atoms with Gasteiger partial charge in [0.2, 0.25) is 0 Å². The van der Waals surface area contributed by atoms with Crippen LogP contribution < -0.4 is 0 Å². The number of carbonyl (C=O) groups excluding carboxylic acids is 1. The fourth-order valence-electron chi connectivity index (χ4n) is 2.15. The third kappa shape index (κ3) is 3.85. The number of Topliss-reactive ketones (excluding diaryl/α,β-unsaturated/α-hetero) is 1. The summed E-state index contributed by atoms with van der Waals surface area (Å²) in [5.74, 6) is 0.389. The van der Waals surface area contributed by atoms with Crippen molar-refractivity contribution in [2.75, 3.05) is 0 Å². The smallest absolute Gasteiger partial charge is 0.194 e. The van der Waals surface area contributed by atoms with Crippen LogP contribution in [0.4, 0.5) is 0 Å². The number of hydrogen-bond acceptors (Lipinski definition) is 4. The average molecular weight is 391 g/mol. The Kier molecular flexibility index (Phi) is 5.66. The Hall–Kier alpha value is -2.46. The Morgan fingerprint density at radius 3 is 2.43 bits per heavy atom. The van der Waals surface area contributed by atoms with E-state index < -0.39 is 0 Å². The molecule has 0 radical (unpaired) electrons. The Labute approximate surface area is 146 Å². The standard InChI is InChI=1S/C12H8N2.C5H6N2O.Ru/c1-3-9-5-6-11-10(4-2-7-13-11)12(9)14-8-1;1-4(8)5-6-2-3-7-5;/h1-8H;2-3H,1H3,(H,6,7);. The number of aromatic amines is 1. The molecule has 1 aromatic carbocycles. The van der Waals surface area contributed by atoms with E-state index in [-0.39, 0.29) is 25.3 Å². The van der Waals surface area contributed by atoms with Crippen LogP contribution in [0.5, 0.6) is 0 Å². The molecule has 0 saturated carbocycles. The number of pyridine rings is 2. The van der Waals surface area contributed by atoms with E-state index in [2.05, 4.69) is 38.1 Å². The van der Waals surface area contributed by atoms with Crippen LogP contribution in [-0.2, 0) is 19.5 Å². The largest absolute Gasteiger partial charge is 0.342 e. The van der Waals surface area contributed by atoms with Gasteiger partial charge in [-0.15, -0.1) is 0 Å². The van der Waals surface area contributed by atoms with Gasteiger partial charge in [-0.3, -0.25) is 14.8 Å². The molecule has 0 aliphatic carbocycles. The molecule has 116 valence electrons. The van der Waals surface area contributed by atoms with Gasteiger partial charge in [0.15, 0.2) is 11.6 Å². The molecule has 0 amide bonds. The van der Waals surface area contributed by atoms with Gasteiger partial charge >= 0.3 is 0 Å². The first-order valence-electron chi connectivity index (χ1n) is 6.84. The molecule has 0 atom stereocenters. The second-order valence-corrected chi connectivity index (χ2v) is 4.70. The van der Waals surface area contributed by atoms with Crippen LogP contribution in [0, 0.1) is 0 Å². The van der Waals surface area contributed by atoms with Crippen LogP contribution in [-0.4, -0.2) is 25.7 Å². The number of hydrogen-bond donors (Lipinski definition) is 1. The molecule has 0 bridgehead atoms. The van der Waals surface area contributed by atoms with Crippen molar-refractivity contribution in [3.05, 3.63) is 67.0 Å². The van der Waals surface area contributed by atoms with Gasteiger partial charge in [0.25, 0.3) is 0 Å². The van der Waals surface area contributed by atoms with Crippen molar-refractivity contribution in [2.45, 2.75) is 6.92 Å². The SMILES string of the molecule is CC(=O)c1ncc[nH]1.[Ru].c1cnc2c(c1)ccc1ncccc12. The van der Waals surface area contributed by atoms with Crippen LogP contribution >= 0.6 is 0 Å². The number of aromatic nitrogens is 4. The summed E-state index contributed by atoms with van der Waals surface area (Å²) >= 11 is 0. The van der Waals surface area contributed by atoms with Crippen LogP contribution in [0.1, 0.15) is 17.5 Å².